The lowest BCUT2D eigenvalue weighted by atomic mass is 9.67. The van der Waals surface area contributed by atoms with E-state index in [0.29, 0.717) is 18.6 Å². The number of carbonyl (C=O) groups is 1. The maximum absolute atomic E-state index is 12.4. The highest BCUT2D eigenvalue weighted by Gasteiger charge is 2.46. The number of phenolic OH excluding ortho intramolecular Hbond substituents is 1. The summed E-state index contributed by atoms with van der Waals surface area (Å²) in [5, 5.41) is 9.89. The van der Waals surface area contributed by atoms with Crippen molar-refractivity contribution in [2.24, 2.45) is 0 Å². The van der Waals surface area contributed by atoms with Crippen LogP contribution in [0.4, 0.5) is 0 Å². The molecule has 1 N–H and O–H groups in total. The summed E-state index contributed by atoms with van der Waals surface area (Å²) < 4.78 is 6.41. The van der Waals surface area contributed by atoms with Gasteiger partial charge in [0.2, 0.25) is 0 Å². The fourth-order valence-corrected chi connectivity index (χ4v) is 4.53. The minimum absolute atomic E-state index is 0.0537. The van der Waals surface area contributed by atoms with Gasteiger partial charge in [0.25, 0.3) is 0 Å². The molecule has 0 unspecified atom stereocenters. The number of fused-ring (bicyclic) bond motifs is 2. The standard InChI is InChI=1S/C20H22O3/c1-12-4-3-7-20(2)19-13(8-12)9-15(22)11-17(19)16-10-14(21)5-6-18(16)23-20/h4-6,10,17,21H,3,7-9,11H2,1-2H3/t17-,20+/m1/s1. The number of Topliss-reactive ketones (excluding diaryl/α,β-unsaturated/α-hetero) is 1. The Bertz CT molecular complexity index is 756. The van der Waals surface area contributed by atoms with Crippen molar-refractivity contribution < 1.29 is 14.6 Å². The van der Waals surface area contributed by atoms with Crippen molar-refractivity contribution in [2.75, 3.05) is 0 Å². The van der Waals surface area contributed by atoms with Crippen molar-refractivity contribution in [3.63, 3.8) is 0 Å². The van der Waals surface area contributed by atoms with Crippen LogP contribution in [0.5, 0.6) is 11.5 Å². The zero-order chi connectivity index (χ0) is 16.2. The van der Waals surface area contributed by atoms with Gasteiger partial charge in [-0.05, 0) is 56.9 Å². The van der Waals surface area contributed by atoms with E-state index in [-0.39, 0.29) is 17.3 Å². The lowest BCUT2D eigenvalue weighted by molar-refractivity contribution is -0.119. The van der Waals surface area contributed by atoms with Gasteiger partial charge in [-0.2, -0.15) is 0 Å². The zero-order valence-corrected chi connectivity index (χ0v) is 13.7. The maximum atomic E-state index is 12.4. The molecule has 2 aliphatic carbocycles. The largest absolute Gasteiger partial charge is 0.508 e. The van der Waals surface area contributed by atoms with E-state index in [1.165, 1.54) is 16.7 Å². The number of benzene rings is 1. The molecule has 0 saturated carbocycles. The molecule has 23 heavy (non-hydrogen) atoms. The second-order valence-electron chi connectivity index (χ2n) is 7.31. The van der Waals surface area contributed by atoms with Gasteiger partial charge >= 0.3 is 0 Å². The van der Waals surface area contributed by atoms with E-state index < -0.39 is 0 Å². The third kappa shape index (κ3) is 2.30. The molecule has 1 heterocycles. The highest BCUT2D eigenvalue weighted by molar-refractivity contribution is 5.85. The normalized spacial score (nSPS) is 29.7. The predicted molar refractivity (Wildman–Crippen MR) is 88.8 cm³/mol. The Labute approximate surface area is 136 Å². The summed E-state index contributed by atoms with van der Waals surface area (Å²) in [5.41, 5.74) is 4.48. The van der Waals surface area contributed by atoms with Gasteiger partial charge in [0.05, 0.1) is 0 Å². The van der Waals surface area contributed by atoms with Crippen LogP contribution in [0.15, 0.2) is 41.0 Å². The number of hydrogen-bond acceptors (Lipinski definition) is 3. The Balaban J connectivity index is 1.95. The summed E-state index contributed by atoms with van der Waals surface area (Å²) in [7, 11) is 0. The van der Waals surface area contributed by atoms with Crippen LogP contribution in [0.1, 0.15) is 57.4 Å². The lowest BCUT2D eigenvalue weighted by Gasteiger charge is -2.46. The van der Waals surface area contributed by atoms with Crippen LogP contribution in [0.25, 0.3) is 0 Å². The first-order valence-electron chi connectivity index (χ1n) is 8.38. The smallest absolute Gasteiger partial charge is 0.137 e. The third-order valence-electron chi connectivity index (χ3n) is 5.45. The number of allylic oxidation sites excluding steroid dienone is 3. The number of aromatic hydroxyl groups is 1. The molecule has 0 aromatic heterocycles. The number of ether oxygens (including phenoxy) is 1. The number of hydrogen-bond donors (Lipinski definition) is 1. The first-order valence-corrected chi connectivity index (χ1v) is 8.38. The average molecular weight is 310 g/mol. The molecule has 0 fully saturated rings. The molecule has 3 nitrogen and oxygen atoms in total. The molecule has 3 heteroatoms. The van der Waals surface area contributed by atoms with Gasteiger partial charge in [0, 0.05) is 24.3 Å². The van der Waals surface area contributed by atoms with Crippen molar-refractivity contribution in [3.8, 4) is 11.5 Å². The van der Waals surface area contributed by atoms with Crippen molar-refractivity contribution in [1.82, 2.24) is 0 Å². The summed E-state index contributed by atoms with van der Waals surface area (Å²) >= 11 is 0. The zero-order valence-electron chi connectivity index (χ0n) is 13.7. The molecule has 1 aromatic carbocycles. The number of ketones is 1. The Hall–Kier alpha value is -2.03. The van der Waals surface area contributed by atoms with Crippen LogP contribution in [-0.4, -0.2) is 16.5 Å². The van der Waals surface area contributed by atoms with E-state index >= 15 is 0 Å². The van der Waals surface area contributed by atoms with E-state index in [0.717, 1.165) is 30.6 Å². The molecule has 1 aromatic rings. The third-order valence-corrected chi connectivity index (χ3v) is 5.45. The Morgan fingerprint density at radius 1 is 1.30 bits per heavy atom. The van der Waals surface area contributed by atoms with E-state index in [1.54, 1.807) is 12.1 Å². The highest BCUT2D eigenvalue weighted by atomic mass is 16.5. The van der Waals surface area contributed by atoms with Crippen LogP contribution in [0.3, 0.4) is 0 Å². The molecule has 1 aliphatic heterocycles. The van der Waals surface area contributed by atoms with Gasteiger partial charge < -0.3 is 9.84 Å². The van der Waals surface area contributed by atoms with Crippen LogP contribution < -0.4 is 4.74 Å². The monoisotopic (exact) mass is 310 g/mol. The minimum atomic E-state index is -0.345. The van der Waals surface area contributed by atoms with Crippen molar-refractivity contribution >= 4 is 5.78 Å². The van der Waals surface area contributed by atoms with E-state index in [1.807, 2.05) is 6.07 Å². The van der Waals surface area contributed by atoms with Crippen LogP contribution in [-0.2, 0) is 4.79 Å². The summed E-state index contributed by atoms with van der Waals surface area (Å²) in [6.07, 6.45) is 6.13. The van der Waals surface area contributed by atoms with Crippen LogP contribution in [0, 0.1) is 0 Å². The quantitative estimate of drug-likeness (QED) is 0.722. The van der Waals surface area contributed by atoms with Gasteiger partial charge in [-0.1, -0.05) is 17.2 Å². The fourth-order valence-electron chi connectivity index (χ4n) is 4.53. The van der Waals surface area contributed by atoms with Crippen LogP contribution >= 0.6 is 0 Å². The second-order valence-corrected chi connectivity index (χ2v) is 7.31. The minimum Gasteiger partial charge on any atom is -0.508 e. The predicted octanol–water partition coefficient (Wildman–Crippen LogP) is 4.42. The SMILES string of the molecule is CC1=CCC[C@]2(C)Oc3ccc(O)cc3[C@H]3CC(=O)CC(=C32)C1. The number of phenols is 1. The molecule has 4 rings (SSSR count). The Morgan fingerprint density at radius 2 is 2.13 bits per heavy atom. The van der Waals surface area contributed by atoms with Crippen molar-refractivity contribution in [1.29, 1.82) is 0 Å². The molecule has 0 amide bonds. The van der Waals surface area contributed by atoms with Gasteiger partial charge in [-0.15, -0.1) is 0 Å². The van der Waals surface area contributed by atoms with Gasteiger partial charge in [-0.25, -0.2) is 0 Å². The fraction of sp³-hybridized carbons (Fsp3) is 0.450. The van der Waals surface area contributed by atoms with Crippen LogP contribution in [0.2, 0.25) is 0 Å². The molecule has 0 spiro atoms. The van der Waals surface area contributed by atoms with E-state index in [9.17, 15) is 9.90 Å². The second kappa shape index (κ2) is 4.98. The summed E-state index contributed by atoms with van der Waals surface area (Å²) in [6.45, 7) is 4.31. The molecule has 0 radical (unpaired) electrons. The van der Waals surface area contributed by atoms with Gasteiger partial charge in [-0.3, -0.25) is 4.79 Å². The first kappa shape index (κ1) is 14.6. The number of rotatable bonds is 0. The summed E-state index contributed by atoms with van der Waals surface area (Å²) in [5.74, 6) is 1.39. The molecular weight excluding hydrogens is 288 g/mol. The Kier molecular flexibility index (Phi) is 3.15. The van der Waals surface area contributed by atoms with Gasteiger partial charge in [0.1, 0.15) is 22.9 Å². The topological polar surface area (TPSA) is 46.5 Å². The molecular formula is C20H22O3. The molecule has 0 saturated heterocycles. The molecule has 120 valence electrons. The number of carbonyl (C=O) groups excluding carboxylic acids is 1. The highest BCUT2D eigenvalue weighted by Crippen LogP contribution is 2.53. The maximum Gasteiger partial charge on any atom is 0.137 e. The van der Waals surface area contributed by atoms with E-state index in [2.05, 4.69) is 19.9 Å². The molecule has 2 atom stereocenters. The van der Waals surface area contributed by atoms with Crippen molar-refractivity contribution in [3.05, 3.63) is 46.6 Å². The summed E-state index contributed by atoms with van der Waals surface area (Å²) in [6, 6.07) is 5.27. The summed E-state index contributed by atoms with van der Waals surface area (Å²) in [4.78, 5) is 12.4. The molecule has 0 bridgehead atoms. The average Bonchev–Trinajstić information content (AvgIpc) is 2.46. The first-order chi connectivity index (χ1) is 11.0. The van der Waals surface area contributed by atoms with E-state index in [4.69, 9.17) is 4.74 Å². The van der Waals surface area contributed by atoms with Gasteiger partial charge in [0.15, 0.2) is 0 Å². The van der Waals surface area contributed by atoms with Crippen molar-refractivity contribution in [2.45, 2.75) is 57.5 Å². The molecule has 3 aliphatic rings. The lowest BCUT2D eigenvalue weighted by Crippen LogP contribution is -2.44. The Morgan fingerprint density at radius 3 is 2.96 bits per heavy atom.